The number of ether oxygens (including phenoxy) is 1. The highest BCUT2D eigenvalue weighted by Crippen LogP contribution is 2.33. The van der Waals surface area contributed by atoms with Crippen LogP contribution in [0.4, 0.5) is 5.82 Å². The van der Waals surface area contributed by atoms with E-state index in [4.69, 9.17) is 4.74 Å². The quantitative estimate of drug-likeness (QED) is 0.625. The van der Waals surface area contributed by atoms with E-state index in [9.17, 15) is 15.0 Å². The normalized spacial score (nSPS) is 22.6. The molecule has 0 aliphatic carbocycles. The third-order valence-corrected chi connectivity index (χ3v) is 4.33. The van der Waals surface area contributed by atoms with Crippen molar-refractivity contribution in [1.82, 2.24) is 19.6 Å². The molecule has 9 nitrogen and oxygen atoms in total. The summed E-state index contributed by atoms with van der Waals surface area (Å²) in [5.41, 5.74) is 1.49. The highest BCUT2D eigenvalue weighted by molar-refractivity contribution is 6.05. The van der Waals surface area contributed by atoms with Gasteiger partial charge in [0.25, 0.3) is 5.91 Å². The molecule has 0 bridgehead atoms. The van der Waals surface area contributed by atoms with Crippen molar-refractivity contribution in [3.8, 4) is 0 Å². The first-order valence-electron chi connectivity index (χ1n) is 8.17. The van der Waals surface area contributed by atoms with Crippen LogP contribution in [0.2, 0.25) is 0 Å². The second-order valence-corrected chi connectivity index (χ2v) is 6.00. The van der Waals surface area contributed by atoms with Gasteiger partial charge in [0, 0.05) is 12.0 Å². The number of carbonyl (C=O) groups is 1. The average molecular weight is 355 g/mol. The van der Waals surface area contributed by atoms with E-state index >= 15 is 0 Å². The maximum Gasteiger partial charge on any atom is 0.256 e. The summed E-state index contributed by atoms with van der Waals surface area (Å²) >= 11 is 0. The minimum Gasteiger partial charge on any atom is -0.394 e. The smallest absolute Gasteiger partial charge is 0.256 e. The Morgan fingerprint density at radius 1 is 1.31 bits per heavy atom. The van der Waals surface area contributed by atoms with Gasteiger partial charge in [-0.05, 0) is 12.1 Å². The lowest BCUT2D eigenvalue weighted by Gasteiger charge is -2.11. The number of aromatic nitrogens is 4. The monoisotopic (exact) mass is 355 g/mol. The standard InChI is InChI=1S/C17H17N5O4/c23-8-14-12(24)6-13(26-14)11-7-18-16-15(19-9-20-22(11)16)21-17(25)10-4-2-1-3-5-10/h1-5,7,9,12-14,23-24H,6,8H2,(H,19,20,21,25)/t12-,13+,14+/m0/s1. The zero-order valence-corrected chi connectivity index (χ0v) is 13.7. The van der Waals surface area contributed by atoms with E-state index in [1.165, 1.54) is 10.8 Å². The number of imidazole rings is 1. The number of hydrogen-bond donors (Lipinski definition) is 3. The number of nitrogens with one attached hydrogen (secondary N) is 1. The fourth-order valence-corrected chi connectivity index (χ4v) is 3.00. The summed E-state index contributed by atoms with van der Waals surface area (Å²) < 4.78 is 7.18. The molecule has 26 heavy (non-hydrogen) atoms. The van der Waals surface area contributed by atoms with Gasteiger partial charge in [0.05, 0.1) is 24.6 Å². The minimum atomic E-state index is -0.755. The lowest BCUT2D eigenvalue weighted by atomic mass is 10.1. The van der Waals surface area contributed by atoms with Crippen LogP contribution in [0.3, 0.4) is 0 Å². The SMILES string of the molecule is O=C(Nc1ncnn2c([C@H]3C[C@H](O)[C@@H](CO)O3)cnc12)c1ccccc1. The van der Waals surface area contributed by atoms with Crippen LogP contribution in [0.25, 0.3) is 5.65 Å². The Labute approximate surface area is 148 Å². The number of carbonyl (C=O) groups excluding carboxylic acids is 1. The van der Waals surface area contributed by atoms with Gasteiger partial charge in [-0.3, -0.25) is 4.79 Å². The number of amides is 1. The van der Waals surface area contributed by atoms with E-state index in [1.807, 2.05) is 6.07 Å². The Hall–Kier alpha value is -2.88. The van der Waals surface area contributed by atoms with Gasteiger partial charge in [0.1, 0.15) is 18.5 Å². The first-order chi connectivity index (χ1) is 12.7. The van der Waals surface area contributed by atoms with Gasteiger partial charge in [-0.25, -0.2) is 14.5 Å². The summed E-state index contributed by atoms with van der Waals surface area (Å²) in [7, 11) is 0. The lowest BCUT2D eigenvalue weighted by Crippen LogP contribution is -2.24. The largest absolute Gasteiger partial charge is 0.394 e. The number of fused-ring (bicyclic) bond motifs is 1. The molecule has 3 aromatic rings. The summed E-state index contributed by atoms with van der Waals surface area (Å²) in [5.74, 6) is -0.0269. The fraction of sp³-hybridized carbons (Fsp3) is 0.294. The first-order valence-corrected chi connectivity index (χ1v) is 8.17. The molecule has 3 heterocycles. The van der Waals surface area contributed by atoms with Gasteiger partial charge in [-0.15, -0.1) is 0 Å². The highest BCUT2D eigenvalue weighted by atomic mass is 16.5. The van der Waals surface area contributed by atoms with Crippen LogP contribution >= 0.6 is 0 Å². The fourth-order valence-electron chi connectivity index (χ4n) is 3.00. The van der Waals surface area contributed by atoms with Crippen LogP contribution in [0.1, 0.15) is 28.6 Å². The number of hydrogen-bond acceptors (Lipinski definition) is 7. The highest BCUT2D eigenvalue weighted by Gasteiger charge is 2.36. The summed E-state index contributed by atoms with van der Waals surface area (Å²) in [5, 5.41) is 26.1. The van der Waals surface area contributed by atoms with Crippen molar-refractivity contribution in [3.05, 3.63) is 54.1 Å². The van der Waals surface area contributed by atoms with Crippen LogP contribution in [0.5, 0.6) is 0 Å². The summed E-state index contributed by atoms with van der Waals surface area (Å²) in [6, 6.07) is 8.79. The Kier molecular flexibility index (Phi) is 4.33. The van der Waals surface area contributed by atoms with Crippen molar-refractivity contribution in [1.29, 1.82) is 0 Å². The molecule has 1 aliphatic heterocycles. The molecule has 134 valence electrons. The molecule has 9 heteroatoms. The van der Waals surface area contributed by atoms with Crippen molar-refractivity contribution in [2.45, 2.75) is 24.7 Å². The third kappa shape index (κ3) is 2.92. The Balaban J connectivity index is 1.63. The number of aliphatic hydroxyl groups is 2. The predicted molar refractivity (Wildman–Crippen MR) is 90.5 cm³/mol. The molecule has 1 amide bonds. The van der Waals surface area contributed by atoms with Gasteiger partial charge in [-0.2, -0.15) is 5.10 Å². The maximum atomic E-state index is 12.4. The maximum absolute atomic E-state index is 12.4. The summed E-state index contributed by atoms with van der Waals surface area (Å²) in [6.07, 6.45) is 1.37. The Bertz CT molecular complexity index is 929. The Morgan fingerprint density at radius 2 is 2.12 bits per heavy atom. The number of anilines is 1. The van der Waals surface area contributed by atoms with E-state index in [-0.39, 0.29) is 18.3 Å². The van der Waals surface area contributed by atoms with E-state index in [2.05, 4.69) is 20.4 Å². The molecule has 3 N–H and O–H groups in total. The van der Waals surface area contributed by atoms with Crippen LogP contribution in [0.15, 0.2) is 42.9 Å². The molecule has 4 rings (SSSR count). The molecule has 1 aliphatic rings. The van der Waals surface area contributed by atoms with Gasteiger partial charge in [0.2, 0.25) is 0 Å². The number of nitrogens with zero attached hydrogens (tertiary/aromatic N) is 4. The number of aliphatic hydroxyl groups excluding tert-OH is 2. The van der Waals surface area contributed by atoms with Gasteiger partial charge >= 0.3 is 0 Å². The molecule has 1 fully saturated rings. The van der Waals surface area contributed by atoms with Crippen molar-refractivity contribution in [2.24, 2.45) is 0 Å². The minimum absolute atomic E-state index is 0.262. The molecule has 2 aromatic heterocycles. The molecule has 0 radical (unpaired) electrons. The zero-order chi connectivity index (χ0) is 18.1. The molecular weight excluding hydrogens is 338 g/mol. The van der Waals surface area contributed by atoms with Crippen molar-refractivity contribution in [2.75, 3.05) is 11.9 Å². The van der Waals surface area contributed by atoms with Crippen LogP contribution in [-0.4, -0.2) is 54.5 Å². The Morgan fingerprint density at radius 3 is 2.85 bits per heavy atom. The van der Waals surface area contributed by atoms with Crippen molar-refractivity contribution >= 4 is 17.4 Å². The molecule has 1 saturated heterocycles. The molecule has 1 aromatic carbocycles. The summed E-state index contributed by atoms with van der Waals surface area (Å²) in [4.78, 5) is 20.7. The van der Waals surface area contributed by atoms with Crippen LogP contribution in [0, 0.1) is 0 Å². The van der Waals surface area contributed by atoms with Gasteiger partial charge < -0.3 is 20.3 Å². The molecule has 0 unspecified atom stereocenters. The van der Waals surface area contributed by atoms with E-state index in [1.54, 1.807) is 30.5 Å². The van der Waals surface area contributed by atoms with Crippen LogP contribution in [-0.2, 0) is 4.74 Å². The zero-order valence-electron chi connectivity index (χ0n) is 13.7. The van der Waals surface area contributed by atoms with E-state index < -0.39 is 18.3 Å². The summed E-state index contributed by atoms with van der Waals surface area (Å²) in [6.45, 7) is -0.262. The molecule has 0 saturated carbocycles. The predicted octanol–water partition coefficient (Wildman–Crippen LogP) is 0.560. The third-order valence-electron chi connectivity index (χ3n) is 4.33. The first kappa shape index (κ1) is 16.6. The van der Waals surface area contributed by atoms with Crippen molar-refractivity contribution < 1.29 is 19.7 Å². The topological polar surface area (TPSA) is 122 Å². The van der Waals surface area contributed by atoms with Crippen LogP contribution < -0.4 is 5.32 Å². The van der Waals surface area contributed by atoms with E-state index in [0.717, 1.165) is 0 Å². The number of rotatable bonds is 4. The molecule has 0 spiro atoms. The van der Waals surface area contributed by atoms with Crippen molar-refractivity contribution in [3.63, 3.8) is 0 Å². The van der Waals surface area contributed by atoms with Gasteiger partial charge in [-0.1, -0.05) is 18.2 Å². The van der Waals surface area contributed by atoms with Gasteiger partial charge in [0.15, 0.2) is 11.5 Å². The molecule has 3 atom stereocenters. The lowest BCUT2D eigenvalue weighted by molar-refractivity contribution is -0.0240. The second kappa shape index (κ2) is 6.79. The number of benzene rings is 1. The molecular formula is C17H17N5O4. The average Bonchev–Trinajstić information content (AvgIpc) is 3.26. The second-order valence-electron chi connectivity index (χ2n) is 6.00. The van der Waals surface area contributed by atoms with E-state index in [0.29, 0.717) is 23.3 Å².